The summed E-state index contributed by atoms with van der Waals surface area (Å²) < 4.78 is 2.00. The van der Waals surface area contributed by atoms with E-state index in [9.17, 15) is 5.11 Å². The van der Waals surface area contributed by atoms with Crippen molar-refractivity contribution in [2.24, 2.45) is 5.92 Å². The SMILES string of the molecule is CC(O)C(C)Cc1cn2ccccc2n1. The first-order valence-electron chi connectivity index (χ1n) is 5.27. The molecule has 3 nitrogen and oxygen atoms in total. The summed E-state index contributed by atoms with van der Waals surface area (Å²) in [5.74, 6) is 0.245. The molecule has 0 aliphatic heterocycles. The molecule has 3 heteroatoms. The molecule has 1 N–H and O–H groups in total. The van der Waals surface area contributed by atoms with Gasteiger partial charge in [0.1, 0.15) is 5.65 Å². The molecule has 2 rings (SSSR count). The molecule has 2 unspecified atom stereocenters. The molecule has 0 fully saturated rings. The number of fused-ring (bicyclic) bond motifs is 1. The average Bonchev–Trinajstić information content (AvgIpc) is 2.59. The first-order chi connectivity index (χ1) is 7.16. The minimum atomic E-state index is -0.283. The highest BCUT2D eigenvalue weighted by Crippen LogP contribution is 2.12. The van der Waals surface area contributed by atoms with Crippen LogP contribution in [0.5, 0.6) is 0 Å². The van der Waals surface area contributed by atoms with Crippen LogP contribution in [-0.4, -0.2) is 20.6 Å². The van der Waals surface area contributed by atoms with Gasteiger partial charge in [-0.3, -0.25) is 0 Å². The molecule has 0 saturated carbocycles. The maximum atomic E-state index is 9.42. The Hall–Kier alpha value is -1.35. The van der Waals surface area contributed by atoms with E-state index in [0.717, 1.165) is 17.8 Å². The monoisotopic (exact) mass is 204 g/mol. The third kappa shape index (κ3) is 2.18. The van der Waals surface area contributed by atoms with Crippen molar-refractivity contribution in [2.45, 2.75) is 26.4 Å². The summed E-state index contributed by atoms with van der Waals surface area (Å²) in [6, 6.07) is 5.94. The maximum absolute atomic E-state index is 9.42. The number of nitrogens with zero attached hydrogens (tertiary/aromatic N) is 2. The molecule has 0 bridgehead atoms. The van der Waals surface area contributed by atoms with Crippen LogP contribution in [0.1, 0.15) is 19.5 Å². The topological polar surface area (TPSA) is 37.5 Å². The minimum Gasteiger partial charge on any atom is -0.393 e. The second kappa shape index (κ2) is 4.03. The van der Waals surface area contributed by atoms with Gasteiger partial charge < -0.3 is 9.51 Å². The molecular formula is C12H16N2O. The van der Waals surface area contributed by atoms with Gasteiger partial charge in [0.25, 0.3) is 0 Å². The summed E-state index contributed by atoms with van der Waals surface area (Å²) in [6.07, 6.45) is 4.54. The number of aliphatic hydroxyl groups is 1. The molecule has 15 heavy (non-hydrogen) atoms. The van der Waals surface area contributed by atoms with Crippen molar-refractivity contribution in [3.05, 3.63) is 36.3 Å². The zero-order chi connectivity index (χ0) is 10.8. The van der Waals surface area contributed by atoms with Crippen LogP contribution >= 0.6 is 0 Å². The molecule has 0 saturated heterocycles. The van der Waals surface area contributed by atoms with E-state index in [2.05, 4.69) is 4.98 Å². The van der Waals surface area contributed by atoms with Gasteiger partial charge in [-0.25, -0.2) is 4.98 Å². The van der Waals surface area contributed by atoms with E-state index in [-0.39, 0.29) is 12.0 Å². The summed E-state index contributed by atoms with van der Waals surface area (Å²) in [4.78, 5) is 4.49. The Kier molecular flexibility index (Phi) is 2.73. The predicted molar refractivity (Wildman–Crippen MR) is 59.7 cm³/mol. The maximum Gasteiger partial charge on any atom is 0.136 e. The lowest BCUT2D eigenvalue weighted by Crippen LogP contribution is -2.15. The van der Waals surface area contributed by atoms with Crippen LogP contribution in [0.4, 0.5) is 0 Å². The van der Waals surface area contributed by atoms with Gasteiger partial charge in [-0.2, -0.15) is 0 Å². The second-order valence-corrected chi connectivity index (χ2v) is 4.12. The number of hydrogen-bond donors (Lipinski definition) is 1. The molecule has 0 aliphatic carbocycles. The Morgan fingerprint density at radius 1 is 1.40 bits per heavy atom. The summed E-state index contributed by atoms with van der Waals surface area (Å²) in [5, 5.41) is 9.42. The zero-order valence-electron chi connectivity index (χ0n) is 9.09. The Morgan fingerprint density at radius 2 is 2.20 bits per heavy atom. The van der Waals surface area contributed by atoms with Crippen LogP contribution in [0.2, 0.25) is 0 Å². The van der Waals surface area contributed by atoms with Crippen LogP contribution in [-0.2, 0) is 6.42 Å². The van der Waals surface area contributed by atoms with Crippen molar-refractivity contribution in [3.63, 3.8) is 0 Å². The van der Waals surface area contributed by atoms with Gasteiger partial charge in [-0.15, -0.1) is 0 Å². The highest BCUT2D eigenvalue weighted by atomic mass is 16.3. The Bertz CT molecular complexity index is 415. The Morgan fingerprint density at radius 3 is 2.87 bits per heavy atom. The standard InChI is InChI=1S/C12H16N2O/c1-9(10(2)15)7-11-8-14-6-4-3-5-12(14)13-11/h3-6,8-10,15H,7H2,1-2H3. The first-order valence-corrected chi connectivity index (χ1v) is 5.27. The van der Waals surface area contributed by atoms with Crippen molar-refractivity contribution < 1.29 is 5.11 Å². The van der Waals surface area contributed by atoms with E-state index in [1.54, 1.807) is 0 Å². The van der Waals surface area contributed by atoms with Crippen LogP contribution in [0.25, 0.3) is 5.65 Å². The molecule has 0 amide bonds. The highest BCUT2D eigenvalue weighted by Gasteiger charge is 2.11. The van der Waals surface area contributed by atoms with Crippen LogP contribution < -0.4 is 0 Å². The van der Waals surface area contributed by atoms with Crippen LogP contribution in [0.3, 0.4) is 0 Å². The van der Waals surface area contributed by atoms with E-state index in [1.807, 2.05) is 48.8 Å². The van der Waals surface area contributed by atoms with Gasteiger partial charge in [0.05, 0.1) is 11.8 Å². The molecule has 2 heterocycles. The van der Waals surface area contributed by atoms with E-state index < -0.39 is 0 Å². The molecule has 2 aromatic heterocycles. The van der Waals surface area contributed by atoms with Crippen LogP contribution in [0, 0.1) is 5.92 Å². The van der Waals surface area contributed by atoms with E-state index in [0.29, 0.717) is 0 Å². The lowest BCUT2D eigenvalue weighted by atomic mass is 10.0. The molecule has 2 atom stereocenters. The smallest absolute Gasteiger partial charge is 0.136 e. The summed E-state index contributed by atoms with van der Waals surface area (Å²) in [5.41, 5.74) is 2.00. The minimum absolute atomic E-state index is 0.245. The molecule has 0 radical (unpaired) electrons. The number of aromatic nitrogens is 2. The van der Waals surface area contributed by atoms with Gasteiger partial charge in [-0.1, -0.05) is 13.0 Å². The first kappa shape index (κ1) is 10.2. The molecule has 0 aliphatic rings. The van der Waals surface area contributed by atoms with Gasteiger partial charge in [0.2, 0.25) is 0 Å². The molecule has 2 aromatic rings. The zero-order valence-corrected chi connectivity index (χ0v) is 9.09. The highest BCUT2D eigenvalue weighted by molar-refractivity contribution is 5.39. The number of pyridine rings is 1. The number of imidazole rings is 1. The normalized spacial score (nSPS) is 15.4. The number of aliphatic hydroxyl groups excluding tert-OH is 1. The van der Waals surface area contributed by atoms with Crippen molar-refractivity contribution in [1.82, 2.24) is 9.38 Å². The van der Waals surface area contributed by atoms with Gasteiger partial charge >= 0.3 is 0 Å². The lowest BCUT2D eigenvalue weighted by Gasteiger charge is -2.11. The van der Waals surface area contributed by atoms with E-state index >= 15 is 0 Å². The summed E-state index contributed by atoms with van der Waals surface area (Å²) in [6.45, 7) is 3.86. The quantitative estimate of drug-likeness (QED) is 0.829. The van der Waals surface area contributed by atoms with Gasteiger partial charge in [0.15, 0.2) is 0 Å². The van der Waals surface area contributed by atoms with Crippen molar-refractivity contribution >= 4 is 5.65 Å². The fourth-order valence-corrected chi connectivity index (χ4v) is 1.59. The van der Waals surface area contributed by atoms with Crippen LogP contribution in [0.15, 0.2) is 30.6 Å². The lowest BCUT2D eigenvalue weighted by molar-refractivity contribution is 0.134. The van der Waals surface area contributed by atoms with E-state index in [1.165, 1.54) is 0 Å². The Balaban J connectivity index is 2.22. The third-order valence-corrected chi connectivity index (χ3v) is 2.77. The van der Waals surface area contributed by atoms with Crippen molar-refractivity contribution in [1.29, 1.82) is 0 Å². The van der Waals surface area contributed by atoms with Crippen molar-refractivity contribution in [3.8, 4) is 0 Å². The Labute approximate surface area is 89.4 Å². The van der Waals surface area contributed by atoms with Gasteiger partial charge in [-0.05, 0) is 31.4 Å². The number of hydrogen-bond acceptors (Lipinski definition) is 2. The number of rotatable bonds is 3. The molecule has 0 aromatic carbocycles. The predicted octanol–water partition coefficient (Wildman–Crippen LogP) is 1.89. The van der Waals surface area contributed by atoms with E-state index in [4.69, 9.17) is 0 Å². The van der Waals surface area contributed by atoms with Crippen molar-refractivity contribution in [2.75, 3.05) is 0 Å². The fraction of sp³-hybridized carbons (Fsp3) is 0.417. The van der Waals surface area contributed by atoms with Gasteiger partial charge in [0, 0.05) is 12.4 Å². The largest absolute Gasteiger partial charge is 0.393 e. The molecule has 0 spiro atoms. The summed E-state index contributed by atoms with van der Waals surface area (Å²) >= 11 is 0. The molecule has 80 valence electrons. The average molecular weight is 204 g/mol. The second-order valence-electron chi connectivity index (χ2n) is 4.12. The summed E-state index contributed by atoms with van der Waals surface area (Å²) in [7, 11) is 0. The molecular weight excluding hydrogens is 188 g/mol. The fourth-order valence-electron chi connectivity index (χ4n) is 1.59. The third-order valence-electron chi connectivity index (χ3n) is 2.77.